The van der Waals surface area contributed by atoms with E-state index in [-0.39, 0.29) is 12.5 Å². The topological polar surface area (TPSA) is 81.9 Å². The summed E-state index contributed by atoms with van der Waals surface area (Å²) < 4.78 is 7.17. The molecule has 7 heteroatoms. The highest BCUT2D eigenvalue weighted by Gasteiger charge is 2.11. The van der Waals surface area contributed by atoms with Crippen LogP contribution in [0.1, 0.15) is 22.5 Å². The number of carbonyl (C=O) groups is 1. The van der Waals surface area contributed by atoms with Crippen molar-refractivity contribution >= 4 is 11.6 Å². The quantitative estimate of drug-likeness (QED) is 0.764. The molecule has 0 saturated carbocycles. The number of ether oxygens (including phenoxy) is 1. The predicted molar refractivity (Wildman–Crippen MR) is 98.7 cm³/mol. The SMILES string of the molecule is Cc1cccc(OCC(=O)Nc2cnc(-n3nc(C)c(C)c3C)nc2)c1. The molecule has 2 aromatic heterocycles. The highest BCUT2D eigenvalue weighted by Crippen LogP contribution is 2.15. The molecule has 0 unspecified atom stereocenters. The minimum atomic E-state index is -0.273. The van der Waals surface area contributed by atoms with Crippen LogP contribution in [-0.4, -0.2) is 32.3 Å². The molecular weight excluding hydrogens is 330 g/mol. The lowest BCUT2D eigenvalue weighted by molar-refractivity contribution is -0.118. The van der Waals surface area contributed by atoms with Crippen LogP contribution in [0.4, 0.5) is 5.69 Å². The molecule has 0 spiro atoms. The zero-order valence-electron chi connectivity index (χ0n) is 15.3. The Hall–Kier alpha value is -3.22. The molecule has 0 aliphatic carbocycles. The van der Waals surface area contributed by atoms with Crippen LogP contribution in [-0.2, 0) is 4.79 Å². The largest absolute Gasteiger partial charge is 0.484 e. The summed E-state index contributed by atoms with van der Waals surface area (Å²) in [7, 11) is 0. The standard InChI is InChI=1S/C19H21N5O2/c1-12-6-5-7-17(8-12)26-11-18(25)22-16-9-20-19(21-10-16)24-15(4)13(2)14(3)23-24/h5-10H,11H2,1-4H3,(H,22,25). The number of hydrogen-bond acceptors (Lipinski definition) is 5. The zero-order valence-corrected chi connectivity index (χ0v) is 15.3. The van der Waals surface area contributed by atoms with Gasteiger partial charge < -0.3 is 10.1 Å². The monoisotopic (exact) mass is 351 g/mol. The summed E-state index contributed by atoms with van der Waals surface area (Å²) in [6.45, 7) is 7.81. The van der Waals surface area contributed by atoms with Crippen LogP contribution in [0.3, 0.4) is 0 Å². The van der Waals surface area contributed by atoms with Gasteiger partial charge in [-0.25, -0.2) is 14.6 Å². The van der Waals surface area contributed by atoms with Crippen LogP contribution in [0.15, 0.2) is 36.7 Å². The number of aryl methyl sites for hydroxylation is 2. The van der Waals surface area contributed by atoms with Gasteiger partial charge in [-0.1, -0.05) is 12.1 Å². The first-order valence-electron chi connectivity index (χ1n) is 8.28. The molecule has 0 aliphatic heterocycles. The molecule has 2 heterocycles. The molecular formula is C19H21N5O2. The molecule has 0 atom stereocenters. The van der Waals surface area contributed by atoms with Gasteiger partial charge in [-0.3, -0.25) is 4.79 Å². The summed E-state index contributed by atoms with van der Waals surface area (Å²) in [6, 6.07) is 7.54. The van der Waals surface area contributed by atoms with E-state index >= 15 is 0 Å². The first kappa shape index (κ1) is 17.6. The molecule has 7 nitrogen and oxygen atoms in total. The number of hydrogen-bond donors (Lipinski definition) is 1. The molecule has 1 amide bonds. The van der Waals surface area contributed by atoms with Gasteiger partial charge in [-0.2, -0.15) is 5.10 Å². The predicted octanol–water partition coefficient (Wildman–Crippen LogP) is 2.91. The van der Waals surface area contributed by atoms with E-state index in [4.69, 9.17) is 4.74 Å². The van der Waals surface area contributed by atoms with E-state index in [9.17, 15) is 4.79 Å². The van der Waals surface area contributed by atoms with E-state index in [2.05, 4.69) is 20.4 Å². The van der Waals surface area contributed by atoms with Crippen molar-refractivity contribution in [1.82, 2.24) is 19.7 Å². The van der Waals surface area contributed by atoms with E-state index in [0.717, 1.165) is 22.5 Å². The smallest absolute Gasteiger partial charge is 0.262 e. The molecule has 0 saturated heterocycles. The van der Waals surface area contributed by atoms with E-state index in [1.807, 2.05) is 52.0 Å². The first-order chi connectivity index (χ1) is 12.4. The molecule has 0 radical (unpaired) electrons. The second-order valence-electron chi connectivity index (χ2n) is 6.13. The van der Waals surface area contributed by atoms with E-state index in [0.29, 0.717) is 17.4 Å². The van der Waals surface area contributed by atoms with Crippen molar-refractivity contribution in [2.45, 2.75) is 27.7 Å². The Bertz CT molecular complexity index is 932. The normalized spacial score (nSPS) is 10.6. The summed E-state index contributed by atoms with van der Waals surface area (Å²) in [6.07, 6.45) is 3.11. The molecule has 0 fully saturated rings. The molecule has 3 rings (SSSR count). The zero-order chi connectivity index (χ0) is 18.7. The summed E-state index contributed by atoms with van der Waals surface area (Å²) in [4.78, 5) is 20.6. The third-order valence-corrected chi connectivity index (χ3v) is 4.12. The van der Waals surface area contributed by atoms with Crippen LogP contribution < -0.4 is 10.1 Å². The number of nitrogens with zero attached hydrogens (tertiary/aromatic N) is 4. The van der Waals surface area contributed by atoms with Gasteiger partial charge in [0.05, 0.1) is 23.8 Å². The lowest BCUT2D eigenvalue weighted by Gasteiger charge is -2.08. The van der Waals surface area contributed by atoms with Crippen LogP contribution in [0.25, 0.3) is 5.95 Å². The number of anilines is 1. The first-order valence-corrected chi connectivity index (χ1v) is 8.28. The summed E-state index contributed by atoms with van der Waals surface area (Å²) in [5.41, 5.74) is 4.62. The van der Waals surface area contributed by atoms with Gasteiger partial charge in [0.2, 0.25) is 0 Å². The average molecular weight is 351 g/mol. The van der Waals surface area contributed by atoms with Crippen molar-refractivity contribution in [2.75, 3.05) is 11.9 Å². The van der Waals surface area contributed by atoms with Crippen molar-refractivity contribution in [3.05, 3.63) is 59.2 Å². The summed E-state index contributed by atoms with van der Waals surface area (Å²) in [5.74, 6) is 0.851. The van der Waals surface area contributed by atoms with Gasteiger partial charge in [0.25, 0.3) is 11.9 Å². The number of benzene rings is 1. The van der Waals surface area contributed by atoms with Gasteiger partial charge in [0.15, 0.2) is 6.61 Å². The third-order valence-electron chi connectivity index (χ3n) is 4.12. The molecule has 0 aliphatic rings. The maximum Gasteiger partial charge on any atom is 0.262 e. The highest BCUT2D eigenvalue weighted by molar-refractivity contribution is 5.91. The van der Waals surface area contributed by atoms with Crippen molar-refractivity contribution in [3.63, 3.8) is 0 Å². The molecule has 26 heavy (non-hydrogen) atoms. The number of aromatic nitrogens is 4. The Morgan fingerprint density at radius 3 is 2.50 bits per heavy atom. The second-order valence-corrected chi connectivity index (χ2v) is 6.13. The fourth-order valence-electron chi connectivity index (χ4n) is 2.46. The fraction of sp³-hybridized carbons (Fsp3) is 0.263. The Morgan fingerprint density at radius 1 is 1.15 bits per heavy atom. The average Bonchev–Trinajstić information content (AvgIpc) is 2.88. The lowest BCUT2D eigenvalue weighted by Crippen LogP contribution is -2.20. The van der Waals surface area contributed by atoms with Gasteiger partial charge >= 0.3 is 0 Å². The van der Waals surface area contributed by atoms with E-state index in [1.165, 1.54) is 0 Å². The van der Waals surface area contributed by atoms with Crippen molar-refractivity contribution < 1.29 is 9.53 Å². The summed E-state index contributed by atoms with van der Waals surface area (Å²) in [5, 5.41) is 7.14. The van der Waals surface area contributed by atoms with E-state index < -0.39 is 0 Å². The molecule has 3 aromatic rings. The summed E-state index contributed by atoms with van der Waals surface area (Å²) >= 11 is 0. The van der Waals surface area contributed by atoms with Crippen molar-refractivity contribution in [1.29, 1.82) is 0 Å². The number of rotatable bonds is 5. The molecule has 134 valence electrons. The van der Waals surface area contributed by atoms with E-state index in [1.54, 1.807) is 17.1 Å². The van der Waals surface area contributed by atoms with Crippen LogP contribution in [0, 0.1) is 27.7 Å². The van der Waals surface area contributed by atoms with Crippen molar-refractivity contribution in [2.24, 2.45) is 0 Å². The van der Waals surface area contributed by atoms with Gasteiger partial charge in [-0.15, -0.1) is 0 Å². The Balaban J connectivity index is 1.62. The second kappa shape index (κ2) is 7.35. The van der Waals surface area contributed by atoms with Gasteiger partial charge in [-0.05, 0) is 51.0 Å². The number of nitrogens with one attached hydrogen (secondary N) is 1. The molecule has 1 aromatic carbocycles. The maximum absolute atomic E-state index is 12.0. The fourth-order valence-corrected chi connectivity index (χ4v) is 2.46. The molecule has 0 bridgehead atoms. The van der Waals surface area contributed by atoms with Gasteiger partial charge in [0.1, 0.15) is 5.75 Å². The van der Waals surface area contributed by atoms with Crippen molar-refractivity contribution in [3.8, 4) is 11.7 Å². The minimum absolute atomic E-state index is 0.0815. The minimum Gasteiger partial charge on any atom is -0.484 e. The number of carbonyl (C=O) groups excluding carboxylic acids is 1. The van der Waals surface area contributed by atoms with Gasteiger partial charge in [0, 0.05) is 5.69 Å². The van der Waals surface area contributed by atoms with Crippen LogP contribution >= 0.6 is 0 Å². The lowest BCUT2D eigenvalue weighted by atomic mass is 10.2. The van der Waals surface area contributed by atoms with Crippen LogP contribution in [0.2, 0.25) is 0 Å². The van der Waals surface area contributed by atoms with Crippen LogP contribution in [0.5, 0.6) is 5.75 Å². The Morgan fingerprint density at radius 2 is 1.88 bits per heavy atom. The molecule has 1 N–H and O–H groups in total. The highest BCUT2D eigenvalue weighted by atomic mass is 16.5. The Kier molecular flexibility index (Phi) is 4.97. The maximum atomic E-state index is 12.0. The third kappa shape index (κ3) is 3.88. The Labute approximate surface area is 152 Å². The number of amides is 1.